The van der Waals surface area contributed by atoms with Gasteiger partial charge < -0.3 is 14.2 Å². The Balaban J connectivity index is 2.91. The largest absolute Gasteiger partial charge is 0.464 e. The van der Waals surface area contributed by atoms with Crippen molar-refractivity contribution < 1.29 is 28.6 Å². The zero-order valence-corrected chi connectivity index (χ0v) is 11.2. The maximum absolute atomic E-state index is 11.6. The third kappa shape index (κ3) is 3.70. The molecule has 7 heteroatoms. The fraction of sp³-hybridized carbons (Fsp3) is 0.583. The molecule has 0 saturated carbocycles. The third-order valence-corrected chi connectivity index (χ3v) is 2.63. The summed E-state index contributed by atoms with van der Waals surface area (Å²) in [6, 6.07) is 0. The molecule has 1 atom stereocenters. The number of methoxy groups -OCH3 is 2. The summed E-state index contributed by atoms with van der Waals surface area (Å²) >= 11 is 0. The molecule has 1 amide bonds. The number of carbonyl (C=O) groups is 3. The van der Waals surface area contributed by atoms with Crippen LogP contribution in [0.25, 0.3) is 0 Å². The number of carbonyl (C=O) groups excluding carboxylic acids is 3. The molecule has 1 aliphatic rings. The van der Waals surface area contributed by atoms with Crippen molar-refractivity contribution in [2.75, 3.05) is 20.8 Å². The number of hydrogen-bond donors (Lipinski definition) is 0. The van der Waals surface area contributed by atoms with Gasteiger partial charge in [-0.25, -0.2) is 9.59 Å². The van der Waals surface area contributed by atoms with Gasteiger partial charge in [0.15, 0.2) is 0 Å². The van der Waals surface area contributed by atoms with Crippen molar-refractivity contribution in [1.82, 2.24) is 4.90 Å². The van der Waals surface area contributed by atoms with Crippen molar-refractivity contribution in [2.45, 2.75) is 25.9 Å². The van der Waals surface area contributed by atoms with Gasteiger partial charge in [-0.3, -0.25) is 9.69 Å². The molecule has 1 heterocycles. The minimum absolute atomic E-state index is 0.0227. The van der Waals surface area contributed by atoms with E-state index < -0.39 is 18.2 Å². The Kier molecular flexibility index (Phi) is 5.35. The minimum atomic E-state index is -0.678. The quantitative estimate of drug-likeness (QED) is 0.558. The van der Waals surface area contributed by atoms with Crippen molar-refractivity contribution in [2.24, 2.45) is 0 Å². The van der Waals surface area contributed by atoms with Crippen LogP contribution < -0.4 is 0 Å². The van der Waals surface area contributed by atoms with Gasteiger partial charge in [0.2, 0.25) is 0 Å². The Morgan fingerprint density at radius 2 is 2.00 bits per heavy atom. The van der Waals surface area contributed by atoms with Crippen LogP contribution in [-0.2, 0) is 23.8 Å². The zero-order chi connectivity index (χ0) is 14.4. The van der Waals surface area contributed by atoms with Crippen LogP contribution in [0.3, 0.4) is 0 Å². The predicted molar refractivity (Wildman–Crippen MR) is 64.0 cm³/mol. The lowest BCUT2D eigenvalue weighted by Crippen LogP contribution is -2.40. The molecule has 0 unspecified atom stereocenters. The Bertz CT molecular complexity index is 403. The second kappa shape index (κ2) is 6.77. The van der Waals surface area contributed by atoms with E-state index in [9.17, 15) is 14.4 Å². The van der Waals surface area contributed by atoms with E-state index in [0.29, 0.717) is 6.42 Å². The van der Waals surface area contributed by atoms with Crippen LogP contribution in [0.1, 0.15) is 19.8 Å². The lowest BCUT2D eigenvalue weighted by molar-refractivity contribution is -0.148. The Morgan fingerprint density at radius 1 is 1.32 bits per heavy atom. The molecule has 1 rings (SSSR count). The fourth-order valence-electron chi connectivity index (χ4n) is 1.65. The molecule has 0 aromatic rings. The number of esters is 2. The van der Waals surface area contributed by atoms with E-state index in [-0.39, 0.29) is 24.6 Å². The molecular weight excluding hydrogens is 254 g/mol. The first kappa shape index (κ1) is 15.0. The summed E-state index contributed by atoms with van der Waals surface area (Å²) in [5.74, 6) is -1.04. The van der Waals surface area contributed by atoms with E-state index in [4.69, 9.17) is 4.74 Å². The summed E-state index contributed by atoms with van der Waals surface area (Å²) in [6.07, 6.45) is 0.860. The predicted octanol–water partition coefficient (Wildman–Crippen LogP) is 0.837. The van der Waals surface area contributed by atoms with Gasteiger partial charge in [0, 0.05) is 19.4 Å². The maximum atomic E-state index is 11.6. The van der Waals surface area contributed by atoms with Crippen LogP contribution in [0.15, 0.2) is 11.8 Å². The molecule has 0 aromatic heterocycles. The van der Waals surface area contributed by atoms with E-state index in [1.807, 2.05) is 0 Å². The van der Waals surface area contributed by atoms with E-state index >= 15 is 0 Å². The number of rotatable bonds is 3. The van der Waals surface area contributed by atoms with Crippen molar-refractivity contribution in [3.63, 3.8) is 0 Å². The molecule has 0 radical (unpaired) electrons. The van der Waals surface area contributed by atoms with Crippen molar-refractivity contribution in [3.05, 3.63) is 11.8 Å². The molecule has 0 bridgehead atoms. The van der Waals surface area contributed by atoms with Gasteiger partial charge in [0.1, 0.15) is 11.8 Å². The molecule has 0 aromatic carbocycles. The normalized spacial score (nSPS) is 18.4. The average Bonchev–Trinajstić information content (AvgIpc) is 2.45. The van der Waals surface area contributed by atoms with Crippen molar-refractivity contribution in [3.8, 4) is 0 Å². The summed E-state index contributed by atoms with van der Waals surface area (Å²) in [7, 11) is 2.43. The molecule has 0 saturated heterocycles. The number of hydrogen-bond acceptors (Lipinski definition) is 6. The molecule has 7 nitrogen and oxygen atoms in total. The van der Waals surface area contributed by atoms with Crippen LogP contribution >= 0.6 is 0 Å². The summed E-state index contributed by atoms with van der Waals surface area (Å²) in [6.45, 7) is 1.89. The third-order valence-electron chi connectivity index (χ3n) is 2.63. The summed E-state index contributed by atoms with van der Waals surface area (Å²) in [4.78, 5) is 35.5. The van der Waals surface area contributed by atoms with Crippen molar-refractivity contribution in [1.29, 1.82) is 0 Å². The Labute approximate surface area is 111 Å². The molecular formula is C12H17NO6. The highest BCUT2D eigenvalue weighted by Gasteiger charge is 2.31. The molecule has 106 valence electrons. The van der Waals surface area contributed by atoms with E-state index in [1.165, 1.54) is 20.3 Å². The van der Waals surface area contributed by atoms with Gasteiger partial charge in [0.25, 0.3) is 0 Å². The van der Waals surface area contributed by atoms with Crippen LogP contribution in [-0.4, -0.2) is 49.8 Å². The Morgan fingerprint density at radius 3 is 2.53 bits per heavy atom. The SMILES string of the molecule is CCC(=O)O[C@H]1C=C(C(=O)OC)N(C(=O)OC)CC1. The second-order valence-electron chi connectivity index (χ2n) is 3.84. The minimum Gasteiger partial charge on any atom is -0.464 e. The first-order valence-corrected chi connectivity index (χ1v) is 5.88. The van der Waals surface area contributed by atoms with E-state index in [2.05, 4.69) is 9.47 Å². The summed E-state index contributed by atoms with van der Waals surface area (Å²) in [5, 5.41) is 0. The Hall–Kier alpha value is -2.05. The highest BCUT2D eigenvalue weighted by Crippen LogP contribution is 2.20. The van der Waals surface area contributed by atoms with E-state index in [1.54, 1.807) is 6.92 Å². The maximum Gasteiger partial charge on any atom is 0.414 e. The number of ether oxygens (including phenoxy) is 3. The van der Waals surface area contributed by atoms with Crippen LogP contribution in [0.4, 0.5) is 4.79 Å². The topological polar surface area (TPSA) is 82.1 Å². The van der Waals surface area contributed by atoms with Crippen LogP contribution in [0.5, 0.6) is 0 Å². The van der Waals surface area contributed by atoms with Gasteiger partial charge >= 0.3 is 18.0 Å². The first-order chi connectivity index (χ1) is 9.03. The van der Waals surface area contributed by atoms with Gasteiger partial charge in [-0.05, 0) is 6.08 Å². The first-order valence-electron chi connectivity index (χ1n) is 5.88. The van der Waals surface area contributed by atoms with Gasteiger partial charge in [0.05, 0.1) is 14.2 Å². The standard InChI is InChI=1S/C12H17NO6/c1-4-10(14)19-8-5-6-13(12(16)18-3)9(7-8)11(15)17-2/h7-8H,4-6H2,1-3H3/t8-/m1/s1. The molecule has 0 N–H and O–H groups in total. The highest BCUT2D eigenvalue weighted by atomic mass is 16.6. The number of amides is 1. The molecule has 0 aliphatic carbocycles. The molecule has 19 heavy (non-hydrogen) atoms. The van der Waals surface area contributed by atoms with Gasteiger partial charge in [-0.1, -0.05) is 6.92 Å². The van der Waals surface area contributed by atoms with Crippen LogP contribution in [0.2, 0.25) is 0 Å². The molecule has 1 aliphatic heterocycles. The molecule has 0 fully saturated rings. The van der Waals surface area contributed by atoms with E-state index in [0.717, 1.165) is 4.90 Å². The fourth-order valence-corrected chi connectivity index (χ4v) is 1.65. The zero-order valence-electron chi connectivity index (χ0n) is 11.2. The lowest BCUT2D eigenvalue weighted by Gasteiger charge is -2.29. The lowest BCUT2D eigenvalue weighted by atomic mass is 10.1. The second-order valence-corrected chi connectivity index (χ2v) is 3.84. The summed E-state index contributed by atoms with van der Waals surface area (Å²) < 4.78 is 14.3. The smallest absolute Gasteiger partial charge is 0.414 e. The van der Waals surface area contributed by atoms with Crippen LogP contribution in [0, 0.1) is 0 Å². The monoisotopic (exact) mass is 271 g/mol. The average molecular weight is 271 g/mol. The summed E-state index contributed by atoms with van der Waals surface area (Å²) in [5.41, 5.74) is 0.0227. The van der Waals surface area contributed by atoms with Crippen molar-refractivity contribution >= 4 is 18.0 Å². The molecule has 0 spiro atoms. The van der Waals surface area contributed by atoms with Gasteiger partial charge in [-0.15, -0.1) is 0 Å². The number of nitrogens with zero attached hydrogens (tertiary/aromatic N) is 1. The highest BCUT2D eigenvalue weighted by molar-refractivity contribution is 5.92. The van der Waals surface area contributed by atoms with Gasteiger partial charge in [-0.2, -0.15) is 0 Å².